The number of nitrogens with zero attached hydrogens (tertiary/aromatic N) is 1. The van der Waals surface area contributed by atoms with Crippen molar-refractivity contribution in [2.45, 2.75) is 6.42 Å². The van der Waals surface area contributed by atoms with Gasteiger partial charge >= 0.3 is 0 Å². The second-order valence-corrected chi connectivity index (χ2v) is 5.98. The third-order valence-corrected chi connectivity index (χ3v) is 4.03. The number of amides is 1. The smallest absolute Gasteiger partial charge is 0.229 e. The zero-order valence-corrected chi connectivity index (χ0v) is 13.8. The van der Waals surface area contributed by atoms with Crippen molar-refractivity contribution >= 4 is 28.1 Å². The van der Waals surface area contributed by atoms with Crippen LogP contribution in [0, 0.1) is 0 Å². The molecule has 0 aliphatic rings. The fraction of sp³-hybridized carbons (Fsp3) is 0.111. The van der Waals surface area contributed by atoms with Crippen LogP contribution >= 0.6 is 11.3 Å². The quantitative estimate of drug-likeness (QED) is 0.670. The molecule has 3 N–H and O–H groups in total. The van der Waals surface area contributed by atoms with Gasteiger partial charge in [-0.2, -0.15) is 0 Å². The van der Waals surface area contributed by atoms with Crippen LogP contribution in [0.15, 0.2) is 60.0 Å². The normalized spacial score (nSPS) is 10.3. The van der Waals surface area contributed by atoms with Crippen LogP contribution in [0.3, 0.4) is 0 Å². The van der Waals surface area contributed by atoms with Crippen LogP contribution in [-0.4, -0.2) is 17.5 Å². The fourth-order valence-electron chi connectivity index (χ4n) is 2.12. The van der Waals surface area contributed by atoms with Gasteiger partial charge in [0.05, 0.1) is 18.7 Å². The minimum Gasteiger partial charge on any atom is -0.493 e. The third-order valence-electron chi connectivity index (χ3n) is 3.27. The SMILES string of the molecule is Nc1cccc(-c2csc(NC(=O)CCOc3ccccc3)n2)c1. The molecule has 24 heavy (non-hydrogen) atoms. The van der Waals surface area contributed by atoms with Crippen LogP contribution in [0.2, 0.25) is 0 Å². The van der Waals surface area contributed by atoms with Gasteiger partial charge in [0.15, 0.2) is 5.13 Å². The molecule has 1 heterocycles. The summed E-state index contributed by atoms with van der Waals surface area (Å²) in [4.78, 5) is 16.4. The fourth-order valence-corrected chi connectivity index (χ4v) is 2.86. The number of thiazole rings is 1. The van der Waals surface area contributed by atoms with E-state index in [1.54, 1.807) is 0 Å². The Morgan fingerprint density at radius 2 is 2.00 bits per heavy atom. The molecule has 0 saturated carbocycles. The molecule has 3 aromatic rings. The number of nitrogen functional groups attached to an aromatic ring is 1. The first-order valence-electron chi connectivity index (χ1n) is 7.50. The molecular formula is C18H17N3O2S. The Bertz CT molecular complexity index is 818. The van der Waals surface area contributed by atoms with Gasteiger partial charge in [0, 0.05) is 16.6 Å². The van der Waals surface area contributed by atoms with Crippen LogP contribution in [0.25, 0.3) is 11.3 Å². The van der Waals surface area contributed by atoms with E-state index in [1.807, 2.05) is 60.0 Å². The van der Waals surface area contributed by atoms with Crippen LogP contribution in [0.1, 0.15) is 6.42 Å². The van der Waals surface area contributed by atoms with Gasteiger partial charge in [0.1, 0.15) is 5.75 Å². The highest BCUT2D eigenvalue weighted by atomic mass is 32.1. The highest BCUT2D eigenvalue weighted by Crippen LogP contribution is 2.26. The van der Waals surface area contributed by atoms with Gasteiger partial charge in [-0.1, -0.05) is 30.3 Å². The summed E-state index contributed by atoms with van der Waals surface area (Å²) in [5.74, 6) is 0.628. The molecule has 1 amide bonds. The Hall–Kier alpha value is -2.86. The predicted molar refractivity (Wildman–Crippen MR) is 97.1 cm³/mol. The van der Waals surface area contributed by atoms with Gasteiger partial charge in [0.25, 0.3) is 0 Å². The number of para-hydroxylation sites is 1. The van der Waals surface area contributed by atoms with Crippen molar-refractivity contribution in [1.29, 1.82) is 0 Å². The lowest BCUT2D eigenvalue weighted by molar-refractivity contribution is -0.116. The molecule has 0 unspecified atom stereocenters. The molecule has 6 heteroatoms. The largest absolute Gasteiger partial charge is 0.493 e. The molecule has 1 aromatic heterocycles. The van der Waals surface area contributed by atoms with E-state index in [4.69, 9.17) is 10.5 Å². The van der Waals surface area contributed by atoms with E-state index >= 15 is 0 Å². The van der Waals surface area contributed by atoms with Gasteiger partial charge in [-0.15, -0.1) is 11.3 Å². The Balaban J connectivity index is 1.52. The molecule has 5 nitrogen and oxygen atoms in total. The molecule has 3 rings (SSSR count). The molecule has 0 aliphatic heterocycles. The average Bonchev–Trinajstić information content (AvgIpc) is 3.04. The Labute approximate surface area is 144 Å². The summed E-state index contributed by atoms with van der Waals surface area (Å²) in [5, 5.41) is 5.25. The summed E-state index contributed by atoms with van der Waals surface area (Å²) < 4.78 is 5.51. The number of hydrogen-bond acceptors (Lipinski definition) is 5. The van der Waals surface area contributed by atoms with Gasteiger partial charge in [-0.3, -0.25) is 4.79 Å². The molecular weight excluding hydrogens is 322 g/mol. The molecule has 0 aliphatic carbocycles. The minimum atomic E-state index is -0.126. The zero-order chi connectivity index (χ0) is 16.8. The van der Waals surface area contributed by atoms with E-state index in [-0.39, 0.29) is 12.3 Å². The monoisotopic (exact) mass is 339 g/mol. The Morgan fingerprint density at radius 3 is 2.79 bits per heavy atom. The van der Waals surface area contributed by atoms with E-state index in [1.165, 1.54) is 11.3 Å². The summed E-state index contributed by atoms with van der Waals surface area (Å²) in [7, 11) is 0. The van der Waals surface area contributed by atoms with Crippen LogP contribution in [0.5, 0.6) is 5.75 Å². The van der Waals surface area contributed by atoms with Crippen LogP contribution < -0.4 is 15.8 Å². The summed E-state index contributed by atoms with van der Waals surface area (Å²) in [5.41, 5.74) is 8.19. The molecule has 0 saturated heterocycles. The third kappa shape index (κ3) is 4.33. The number of carbonyl (C=O) groups excluding carboxylic acids is 1. The van der Waals surface area contributed by atoms with E-state index in [9.17, 15) is 4.79 Å². The van der Waals surface area contributed by atoms with Gasteiger partial charge in [0.2, 0.25) is 5.91 Å². The molecule has 0 fully saturated rings. The number of anilines is 2. The first kappa shape index (κ1) is 16.0. The topological polar surface area (TPSA) is 77.2 Å². The number of nitrogens with two attached hydrogens (primary N) is 1. The second kappa shape index (κ2) is 7.61. The standard InChI is InChI=1S/C18H17N3O2S/c19-14-6-4-5-13(11-14)16-12-24-18(20-16)21-17(22)9-10-23-15-7-2-1-3-8-15/h1-8,11-12H,9-10,19H2,(H,20,21,22). The van der Waals surface area contributed by atoms with Gasteiger partial charge < -0.3 is 15.8 Å². The highest BCUT2D eigenvalue weighted by Gasteiger charge is 2.08. The van der Waals surface area contributed by atoms with Gasteiger partial charge in [-0.25, -0.2) is 4.98 Å². The number of benzene rings is 2. The number of rotatable bonds is 6. The lowest BCUT2D eigenvalue weighted by Gasteiger charge is -2.05. The summed E-state index contributed by atoms with van der Waals surface area (Å²) in [6.45, 7) is 0.323. The second-order valence-electron chi connectivity index (χ2n) is 5.12. The molecule has 0 bridgehead atoms. The Morgan fingerprint density at radius 1 is 1.17 bits per heavy atom. The first-order chi connectivity index (χ1) is 11.7. The maximum atomic E-state index is 12.0. The molecule has 0 spiro atoms. The van der Waals surface area contributed by atoms with Crippen molar-refractivity contribution < 1.29 is 9.53 Å². The van der Waals surface area contributed by atoms with Crippen molar-refractivity contribution in [2.24, 2.45) is 0 Å². The van der Waals surface area contributed by atoms with Gasteiger partial charge in [-0.05, 0) is 24.3 Å². The molecule has 0 atom stereocenters. The number of carbonyl (C=O) groups is 1. The predicted octanol–water partition coefficient (Wildman–Crippen LogP) is 3.80. The van der Waals surface area contributed by atoms with Crippen LogP contribution in [0.4, 0.5) is 10.8 Å². The van der Waals surface area contributed by atoms with Crippen LogP contribution in [-0.2, 0) is 4.79 Å². The van der Waals surface area contributed by atoms with Crippen molar-refractivity contribution in [3.05, 3.63) is 60.0 Å². The summed E-state index contributed by atoms with van der Waals surface area (Å²) in [6.07, 6.45) is 0.266. The number of hydrogen-bond donors (Lipinski definition) is 2. The summed E-state index contributed by atoms with van der Waals surface area (Å²) >= 11 is 1.38. The van der Waals surface area contributed by atoms with E-state index in [2.05, 4.69) is 10.3 Å². The average molecular weight is 339 g/mol. The van der Waals surface area contributed by atoms with Crippen molar-refractivity contribution in [3.8, 4) is 17.0 Å². The van der Waals surface area contributed by atoms with E-state index in [0.29, 0.717) is 17.4 Å². The molecule has 122 valence electrons. The lowest BCUT2D eigenvalue weighted by atomic mass is 10.1. The molecule has 2 aromatic carbocycles. The van der Waals surface area contributed by atoms with Crippen molar-refractivity contribution in [3.63, 3.8) is 0 Å². The Kier molecular flexibility index (Phi) is 5.08. The maximum absolute atomic E-state index is 12.0. The van der Waals surface area contributed by atoms with E-state index in [0.717, 1.165) is 17.0 Å². The zero-order valence-electron chi connectivity index (χ0n) is 12.9. The maximum Gasteiger partial charge on any atom is 0.229 e. The first-order valence-corrected chi connectivity index (χ1v) is 8.38. The van der Waals surface area contributed by atoms with E-state index < -0.39 is 0 Å². The highest BCUT2D eigenvalue weighted by molar-refractivity contribution is 7.14. The number of nitrogens with one attached hydrogen (secondary N) is 1. The van der Waals surface area contributed by atoms with Crippen molar-refractivity contribution in [1.82, 2.24) is 4.98 Å². The minimum absolute atomic E-state index is 0.126. The number of ether oxygens (including phenoxy) is 1. The lowest BCUT2D eigenvalue weighted by Crippen LogP contribution is -2.15. The summed E-state index contributed by atoms with van der Waals surface area (Å²) in [6, 6.07) is 16.9. The van der Waals surface area contributed by atoms with Crippen molar-refractivity contribution in [2.75, 3.05) is 17.7 Å². The number of aromatic nitrogens is 1. The molecule has 0 radical (unpaired) electrons.